The van der Waals surface area contributed by atoms with Crippen LogP contribution in [-0.4, -0.2) is 12.2 Å². The SMILES string of the molecule is CC(C)[C@@H]1C[C@@H]2CC[C@H]1O2. The Morgan fingerprint density at radius 3 is 2.40 bits per heavy atom. The first-order chi connectivity index (χ1) is 4.77. The summed E-state index contributed by atoms with van der Waals surface area (Å²) < 4.78 is 5.75. The van der Waals surface area contributed by atoms with Gasteiger partial charge in [-0.2, -0.15) is 0 Å². The highest BCUT2D eigenvalue weighted by Crippen LogP contribution is 2.41. The lowest BCUT2D eigenvalue weighted by Crippen LogP contribution is -2.21. The summed E-state index contributed by atoms with van der Waals surface area (Å²) >= 11 is 0. The molecule has 10 heavy (non-hydrogen) atoms. The van der Waals surface area contributed by atoms with E-state index >= 15 is 0 Å². The molecule has 0 saturated carbocycles. The third-order valence-electron chi connectivity index (χ3n) is 3.01. The zero-order valence-electron chi connectivity index (χ0n) is 6.84. The molecule has 2 aliphatic heterocycles. The van der Waals surface area contributed by atoms with Crippen LogP contribution in [0.25, 0.3) is 0 Å². The average molecular weight is 140 g/mol. The fourth-order valence-electron chi connectivity index (χ4n) is 2.38. The van der Waals surface area contributed by atoms with Crippen LogP contribution in [0.1, 0.15) is 33.1 Å². The van der Waals surface area contributed by atoms with Crippen LogP contribution < -0.4 is 0 Å². The van der Waals surface area contributed by atoms with E-state index in [-0.39, 0.29) is 0 Å². The molecule has 2 heterocycles. The standard InChI is InChI=1S/C9H16O/c1-6(2)8-5-7-3-4-9(8)10-7/h6-9H,3-5H2,1-2H3/t7-,8-,9+/m0/s1. The second-order valence-corrected chi connectivity index (χ2v) is 4.02. The van der Waals surface area contributed by atoms with Crippen LogP contribution >= 0.6 is 0 Å². The minimum atomic E-state index is 0.630. The molecule has 2 rings (SSSR count). The maximum Gasteiger partial charge on any atom is 0.0611 e. The van der Waals surface area contributed by atoms with Crippen molar-refractivity contribution >= 4 is 0 Å². The van der Waals surface area contributed by atoms with E-state index in [1.807, 2.05) is 0 Å². The normalized spacial score (nSPS) is 45.3. The minimum Gasteiger partial charge on any atom is -0.375 e. The quantitative estimate of drug-likeness (QED) is 0.542. The molecule has 2 aliphatic rings. The van der Waals surface area contributed by atoms with Crippen molar-refractivity contribution in [1.82, 2.24) is 0 Å². The van der Waals surface area contributed by atoms with Crippen LogP contribution in [0, 0.1) is 11.8 Å². The molecule has 0 radical (unpaired) electrons. The molecule has 0 spiro atoms. The van der Waals surface area contributed by atoms with Crippen LogP contribution in [0.4, 0.5) is 0 Å². The van der Waals surface area contributed by atoms with Gasteiger partial charge in [-0.25, -0.2) is 0 Å². The first-order valence-corrected chi connectivity index (χ1v) is 4.43. The molecule has 2 fully saturated rings. The molecule has 0 aromatic heterocycles. The van der Waals surface area contributed by atoms with Crippen LogP contribution in [0.2, 0.25) is 0 Å². The molecular formula is C9H16O. The molecule has 0 aromatic rings. The molecule has 1 nitrogen and oxygen atoms in total. The predicted molar refractivity (Wildman–Crippen MR) is 40.8 cm³/mol. The van der Waals surface area contributed by atoms with Crippen molar-refractivity contribution in [3.05, 3.63) is 0 Å². The van der Waals surface area contributed by atoms with Gasteiger partial charge in [0, 0.05) is 0 Å². The molecule has 1 heteroatoms. The number of hydrogen-bond acceptors (Lipinski definition) is 1. The summed E-state index contributed by atoms with van der Waals surface area (Å²) in [4.78, 5) is 0. The molecule has 0 N–H and O–H groups in total. The Bertz CT molecular complexity index is 131. The van der Waals surface area contributed by atoms with Gasteiger partial charge < -0.3 is 4.74 Å². The first kappa shape index (κ1) is 6.66. The summed E-state index contributed by atoms with van der Waals surface area (Å²) in [6.45, 7) is 4.63. The van der Waals surface area contributed by atoms with Gasteiger partial charge in [0.2, 0.25) is 0 Å². The average Bonchev–Trinajstić information content (AvgIpc) is 2.44. The van der Waals surface area contributed by atoms with E-state index in [1.165, 1.54) is 19.3 Å². The molecule has 0 unspecified atom stereocenters. The maximum atomic E-state index is 5.75. The maximum absolute atomic E-state index is 5.75. The fraction of sp³-hybridized carbons (Fsp3) is 1.00. The third kappa shape index (κ3) is 0.878. The van der Waals surface area contributed by atoms with Crippen LogP contribution in [0.15, 0.2) is 0 Å². The summed E-state index contributed by atoms with van der Waals surface area (Å²) in [7, 11) is 0. The fourth-order valence-corrected chi connectivity index (χ4v) is 2.38. The predicted octanol–water partition coefficient (Wildman–Crippen LogP) is 2.21. The van der Waals surface area contributed by atoms with E-state index in [0.29, 0.717) is 12.2 Å². The lowest BCUT2D eigenvalue weighted by molar-refractivity contribution is 0.0851. The van der Waals surface area contributed by atoms with Gasteiger partial charge in [-0.1, -0.05) is 13.8 Å². The summed E-state index contributed by atoms with van der Waals surface area (Å²) in [5.41, 5.74) is 0. The van der Waals surface area contributed by atoms with Gasteiger partial charge in [0.25, 0.3) is 0 Å². The van der Waals surface area contributed by atoms with Crippen LogP contribution in [-0.2, 0) is 4.74 Å². The summed E-state index contributed by atoms with van der Waals surface area (Å²) in [6.07, 6.45) is 5.26. The van der Waals surface area contributed by atoms with Gasteiger partial charge in [-0.3, -0.25) is 0 Å². The van der Waals surface area contributed by atoms with Crippen molar-refractivity contribution in [3.63, 3.8) is 0 Å². The van der Waals surface area contributed by atoms with Crippen molar-refractivity contribution in [2.24, 2.45) is 11.8 Å². The second kappa shape index (κ2) is 2.23. The van der Waals surface area contributed by atoms with E-state index in [2.05, 4.69) is 13.8 Å². The lowest BCUT2D eigenvalue weighted by Gasteiger charge is -2.21. The monoisotopic (exact) mass is 140 g/mol. The van der Waals surface area contributed by atoms with Crippen LogP contribution in [0.3, 0.4) is 0 Å². The Morgan fingerprint density at radius 2 is 2.10 bits per heavy atom. The Hall–Kier alpha value is -0.0400. The third-order valence-corrected chi connectivity index (χ3v) is 3.01. The van der Waals surface area contributed by atoms with Gasteiger partial charge >= 0.3 is 0 Å². The van der Waals surface area contributed by atoms with Gasteiger partial charge in [0.1, 0.15) is 0 Å². The molecule has 2 bridgehead atoms. The molecule has 0 amide bonds. The second-order valence-electron chi connectivity index (χ2n) is 4.02. The minimum absolute atomic E-state index is 0.630. The smallest absolute Gasteiger partial charge is 0.0611 e. The number of fused-ring (bicyclic) bond motifs is 2. The van der Waals surface area contributed by atoms with Gasteiger partial charge in [0.15, 0.2) is 0 Å². The first-order valence-electron chi connectivity index (χ1n) is 4.43. The van der Waals surface area contributed by atoms with Gasteiger partial charge in [0.05, 0.1) is 12.2 Å². The number of hydrogen-bond donors (Lipinski definition) is 0. The summed E-state index contributed by atoms with van der Waals surface area (Å²) in [6, 6.07) is 0. The van der Waals surface area contributed by atoms with Crippen molar-refractivity contribution in [1.29, 1.82) is 0 Å². The van der Waals surface area contributed by atoms with Crippen molar-refractivity contribution in [2.45, 2.75) is 45.3 Å². The van der Waals surface area contributed by atoms with Gasteiger partial charge in [-0.05, 0) is 31.1 Å². The zero-order valence-corrected chi connectivity index (χ0v) is 6.84. The molecule has 58 valence electrons. The van der Waals surface area contributed by atoms with E-state index in [4.69, 9.17) is 4.74 Å². The molecule has 0 aliphatic carbocycles. The van der Waals surface area contributed by atoms with E-state index in [1.54, 1.807) is 0 Å². The van der Waals surface area contributed by atoms with E-state index < -0.39 is 0 Å². The summed E-state index contributed by atoms with van der Waals surface area (Å²) in [5, 5.41) is 0. The number of ether oxygens (including phenoxy) is 1. The summed E-state index contributed by atoms with van der Waals surface area (Å²) in [5.74, 6) is 1.70. The Balaban J connectivity index is 2.02. The largest absolute Gasteiger partial charge is 0.375 e. The van der Waals surface area contributed by atoms with Crippen molar-refractivity contribution in [2.75, 3.05) is 0 Å². The Morgan fingerprint density at radius 1 is 1.30 bits per heavy atom. The van der Waals surface area contributed by atoms with Crippen molar-refractivity contribution in [3.8, 4) is 0 Å². The highest BCUT2D eigenvalue weighted by atomic mass is 16.5. The van der Waals surface area contributed by atoms with E-state index in [9.17, 15) is 0 Å². The molecule has 0 aromatic carbocycles. The molecular weight excluding hydrogens is 124 g/mol. The molecule has 2 saturated heterocycles. The molecule has 3 atom stereocenters. The topological polar surface area (TPSA) is 9.23 Å². The zero-order chi connectivity index (χ0) is 7.14. The van der Waals surface area contributed by atoms with Crippen LogP contribution in [0.5, 0.6) is 0 Å². The van der Waals surface area contributed by atoms with E-state index in [0.717, 1.165) is 11.8 Å². The highest BCUT2D eigenvalue weighted by molar-refractivity contribution is 4.90. The Kier molecular flexibility index (Phi) is 1.48. The lowest BCUT2D eigenvalue weighted by atomic mass is 9.82. The highest BCUT2D eigenvalue weighted by Gasteiger charge is 2.41. The number of rotatable bonds is 1. The van der Waals surface area contributed by atoms with Gasteiger partial charge in [-0.15, -0.1) is 0 Å². The Labute approximate surface area is 62.8 Å². The van der Waals surface area contributed by atoms with Crippen molar-refractivity contribution < 1.29 is 4.74 Å².